The summed E-state index contributed by atoms with van der Waals surface area (Å²) in [6.07, 6.45) is 1.89. The van der Waals surface area contributed by atoms with Gasteiger partial charge in [-0.05, 0) is 26.3 Å². The van der Waals surface area contributed by atoms with E-state index in [9.17, 15) is 9.18 Å². The summed E-state index contributed by atoms with van der Waals surface area (Å²) in [6, 6.07) is 1.38. The van der Waals surface area contributed by atoms with Crippen LogP contribution in [-0.2, 0) is 0 Å². The van der Waals surface area contributed by atoms with Gasteiger partial charge >= 0.3 is 0 Å². The van der Waals surface area contributed by atoms with Gasteiger partial charge in [0, 0.05) is 32.4 Å². The van der Waals surface area contributed by atoms with Crippen LogP contribution >= 0.6 is 0 Å². The second-order valence-corrected chi connectivity index (χ2v) is 4.01. The Morgan fingerprint density at radius 3 is 2.84 bits per heavy atom. The molecule has 19 heavy (non-hydrogen) atoms. The fourth-order valence-corrected chi connectivity index (χ4v) is 1.73. The van der Waals surface area contributed by atoms with Crippen LogP contribution in [0.3, 0.4) is 0 Å². The maximum absolute atomic E-state index is 14.1. The molecular formula is C13H20FN3O2. The first-order valence-electron chi connectivity index (χ1n) is 6.44. The van der Waals surface area contributed by atoms with E-state index in [2.05, 4.69) is 10.3 Å². The molecule has 0 fully saturated rings. The molecule has 0 unspecified atom stereocenters. The van der Waals surface area contributed by atoms with Crippen molar-refractivity contribution in [1.82, 2.24) is 9.88 Å². The van der Waals surface area contributed by atoms with Crippen molar-refractivity contribution in [1.29, 1.82) is 0 Å². The Bertz CT molecular complexity index is 426. The molecule has 0 aromatic carbocycles. The Morgan fingerprint density at radius 2 is 2.26 bits per heavy atom. The highest BCUT2D eigenvalue weighted by Gasteiger charge is 2.20. The Balaban J connectivity index is 2.94. The fourth-order valence-electron chi connectivity index (χ4n) is 1.73. The predicted molar refractivity (Wildman–Crippen MR) is 71.6 cm³/mol. The summed E-state index contributed by atoms with van der Waals surface area (Å²) < 4.78 is 14.1. The zero-order valence-corrected chi connectivity index (χ0v) is 11.3. The van der Waals surface area contributed by atoms with Crippen molar-refractivity contribution in [3.63, 3.8) is 0 Å². The molecule has 0 atom stereocenters. The number of carbonyl (C=O) groups is 1. The van der Waals surface area contributed by atoms with Crippen molar-refractivity contribution in [3.8, 4) is 0 Å². The van der Waals surface area contributed by atoms with Gasteiger partial charge in [-0.25, -0.2) is 9.37 Å². The number of amides is 1. The highest BCUT2D eigenvalue weighted by atomic mass is 19.1. The molecule has 0 aliphatic heterocycles. The SMILES string of the molecule is CCNc1nccc(C(=O)N(CC)CCCO)c1F. The lowest BCUT2D eigenvalue weighted by Gasteiger charge is -2.21. The number of aromatic nitrogens is 1. The second-order valence-electron chi connectivity index (χ2n) is 4.01. The number of rotatable bonds is 7. The topological polar surface area (TPSA) is 65.5 Å². The van der Waals surface area contributed by atoms with E-state index in [0.29, 0.717) is 26.1 Å². The normalized spacial score (nSPS) is 10.3. The molecule has 0 saturated carbocycles. The minimum Gasteiger partial charge on any atom is -0.396 e. The average molecular weight is 269 g/mol. The zero-order chi connectivity index (χ0) is 14.3. The molecule has 0 aliphatic rings. The van der Waals surface area contributed by atoms with Crippen molar-refractivity contribution in [2.45, 2.75) is 20.3 Å². The van der Waals surface area contributed by atoms with Gasteiger partial charge < -0.3 is 15.3 Å². The van der Waals surface area contributed by atoms with E-state index in [1.54, 1.807) is 0 Å². The molecule has 6 heteroatoms. The van der Waals surface area contributed by atoms with Crippen LogP contribution in [0, 0.1) is 5.82 Å². The van der Waals surface area contributed by atoms with Crippen LogP contribution in [0.25, 0.3) is 0 Å². The summed E-state index contributed by atoms with van der Waals surface area (Å²) in [5, 5.41) is 11.6. The van der Waals surface area contributed by atoms with E-state index in [0.717, 1.165) is 0 Å². The molecule has 1 aromatic rings. The molecule has 0 saturated heterocycles. The maximum atomic E-state index is 14.1. The molecule has 0 radical (unpaired) electrons. The molecule has 1 aromatic heterocycles. The molecule has 2 N–H and O–H groups in total. The number of hydrogen-bond acceptors (Lipinski definition) is 4. The van der Waals surface area contributed by atoms with Crippen molar-refractivity contribution >= 4 is 11.7 Å². The van der Waals surface area contributed by atoms with Crippen molar-refractivity contribution < 1.29 is 14.3 Å². The van der Waals surface area contributed by atoms with Gasteiger partial charge in [-0.2, -0.15) is 0 Å². The largest absolute Gasteiger partial charge is 0.396 e. The Morgan fingerprint density at radius 1 is 1.53 bits per heavy atom. The van der Waals surface area contributed by atoms with E-state index < -0.39 is 5.82 Å². The third kappa shape index (κ3) is 3.89. The highest BCUT2D eigenvalue weighted by Crippen LogP contribution is 2.16. The number of anilines is 1. The van der Waals surface area contributed by atoms with Crippen molar-refractivity contribution in [2.75, 3.05) is 31.6 Å². The molecule has 5 nitrogen and oxygen atoms in total. The van der Waals surface area contributed by atoms with Gasteiger partial charge in [0.05, 0.1) is 5.56 Å². The van der Waals surface area contributed by atoms with Gasteiger partial charge in [-0.1, -0.05) is 0 Å². The minimum atomic E-state index is -0.628. The Hall–Kier alpha value is -1.69. The van der Waals surface area contributed by atoms with E-state index >= 15 is 0 Å². The number of halogens is 1. The monoisotopic (exact) mass is 269 g/mol. The molecule has 1 rings (SSSR count). The smallest absolute Gasteiger partial charge is 0.257 e. The van der Waals surface area contributed by atoms with Crippen LogP contribution < -0.4 is 5.32 Å². The summed E-state index contributed by atoms with van der Waals surface area (Å²) in [6.45, 7) is 5.06. The van der Waals surface area contributed by atoms with Gasteiger partial charge in [-0.3, -0.25) is 4.79 Å². The average Bonchev–Trinajstić information content (AvgIpc) is 2.42. The molecular weight excluding hydrogens is 249 g/mol. The molecule has 1 amide bonds. The highest BCUT2D eigenvalue weighted by molar-refractivity contribution is 5.95. The lowest BCUT2D eigenvalue weighted by atomic mass is 10.2. The number of pyridine rings is 1. The fraction of sp³-hybridized carbons (Fsp3) is 0.538. The summed E-state index contributed by atoms with van der Waals surface area (Å²) >= 11 is 0. The second kappa shape index (κ2) is 7.68. The lowest BCUT2D eigenvalue weighted by Crippen LogP contribution is -2.33. The van der Waals surface area contributed by atoms with E-state index in [1.807, 2.05) is 13.8 Å². The third-order valence-corrected chi connectivity index (χ3v) is 2.72. The molecule has 106 valence electrons. The number of hydrogen-bond donors (Lipinski definition) is 2. The lowest BCUT2D eigenvalue weighted by molar-refractivity contribution is 0.0749. The molecule has 0 spiro atoms. The maximum Gasteiger partial charge on any atom is 0.257 e. The van der Waals surface area contributed by atoms with Crippen LogP contribution in [0.5, 0.6) is 0 Å². The Kier molecular flexibility index (Phi) is 6.21. The van der Waals surface area contributed by atoms with E-state index in [1.165, 1.54) is 17.2 Å². The van der Waals surface area contributed by atoms with Crippen molar-refractivity contribution in [2.24, 2.45) is 0 Å². The number of nitrogens with one attached hydrogen (secondary N) is 1. The first-order chi connectivity index (χ1) is 9.15. The van der Waals surface area contributed by atoms with Crippen LogP contribution in [-0.4, -0.2) is 47.1 Å². The third-order valence-electron chi connectivity index (χ3n) is 2.72. The number of aliphatic hydroxyl groups is 1. The summed E-state index contributed by atoms with van der Waals surface area (Å²) in [5.41, 5.74) is 0.00531. The molecule has 1 heterocycles. The predicted octanol–water partition coefficient (Wildman–Crippen LogP) is 1.50. The first kappa shape index (κ1) is 15.4. The van der Waals surface area contributed by atoms with Crippen LogP contribution in [0.4, 0.5) is 10.2 Å². The summed E-state index contributed by atoms with van der Waals surface area (Å²) in [5.74, 6) is -0.918. The standard InChI is InChI=1S/C13H20FN3O2/c1-3-15-12-11(14)10(6-7-16-12)13(19)17(4-2)8-5-9-18/h6-7,18H,3-5,8-9H2,1-2H3,(H,15,16). The van der Waals surface area contributed by atoms with Crippen LogP contribution in [0.15, 0.2) is 12.3 Å². The summed E-state index contributed by atoms with van der Waals surface area (Å²) in [4.78, 5) is 17.6. The molecule has 0 aliphatic carbocycles. The van der Waals surface area contributed by atoms with Gasteiger partial charge in [-0.15, -0.1) is 0 Å². The Labute approximate surface area is 112 Å². The number of nitrogens with zero attached hydrogens (tertiary/aromatic N) is 2. The van der Waals surface area contributed by atoms with E-state index in [4.69, 9.17) is 5.11 Å². The molecule has 0 bridgehead atoms. The van der Waals surface area contributed by atoms with Gasteiger partial charge in [0.25, 0.3) is 5.91 Å². The van der Waals surface area contributed by atoms with Crippen LogP contribution in [0.1, 0.15) is 30.6 Å². The minimum absolute atomic E-state index is 0.00521. The zero-order valence-electron chi connectivity index (χ0n) is 11.3. The quantitative estimate of drug-likeness (QED) is 0.787. The van der Waals surface area contributed by atoms with Gasteiger partial charge in [0.1, 0.15) is 0 Å². The van der Waals surface area contributed by atoms with Crippen LogP contribution in [0.2, 0.25) is 0 Å². The summed E-state index contributed by atoms with van der Waals surface area (Å²) in [7, 11) is 0. The number of aliphatic hydroxyl groups excluding tert-OH is 1. The van der Waals surface area contributed by atoms with Gasteiger partial charge in [0.15, 0.2) is 11.6 Å². The first-order valence-corrected chi connectivity index (χ1v) is 6.44. The number of carbonyl (C=O) groups excluding carboxylic acids is 1. The van der Waals surface area contributed by atoms with E-state index in [-0.39, 0.29) is 23.9 Å². The van der Waals surface area contributed by atoms with Crippen molar-refractivity contribution in [3.05, 3.63) is 23.6 Å². The van der Waals surface area contributed by atoms with Gasteiger partial charge in [0.2, 0.25) is 0 Å².